The zero-order valence-corrected chi connectivity index (χ0v) is 19.3. The predicted octanol–water partition coefficient (Wildman–Crippen LogP) is 3.98. The molecule has 0 bridgehead atoms. The summed E-state index contributed by atoms with van der Waals surface area (Å²) >= 11 is 0. The smallest absolute Gasteiger partial charge is 0.322 e. The number of fused-ring (bicyclic) bond motifs is 1. The summed E-state index contributed by atoms with van der Waals surface area (Å²) in [6.07, 6.45) is -0.299. The Balaban J connectivity index is 1.58. The Morgan fingerprint density at radius 1 is 1.09 bits per heavy atom. The summed E-state index contributed by atoms with van der Waals surface area (Å²) in [5.74, 6) is -1.20. The van der Waals surface area contributed by atoms with E-state index in [1.54, 1.807) is 11.1 Å². The molecule has 0 saturated carbocycles. The third-order valence-electron chi connectivity index (χ3n) is 5.65. The number of hydroxylamine groups is 2. The molecule has 2 saturated heterocycles. The lowest BCUT2D eigenvalue weighted by Gasteiger charge is -2.35. The average Bonchev–Trinajstić information content (AvgIpc) is 3.25. The zero-order valence-electron chi connectivity index (χ0n) is 19.3. The highest BCUT2D eigenvalue weighted by atomic mass is 16.8. The molecule has 2 aliphatic heterocycles. The van der Waals surface area contributed by atoms with Crippen LogP contribution in [0.25, 0.3) is 0 Å². The van der Waals surface area contributed by atoms with Gasteiger partial charge in [-0.15, -0.1) is 11.6 Å². The normalized spacial score (nSPS) is 26.7. The Bertz CT molecular complexity index is 934. The van der Waals surface area contributed by atoms with Crippen LogP contribution in [0.5, 0.6) is 0 Å². The number of hydrogen-bond donors (Lipinski definition) is 0. The van der Waals surface area contributed by atoms with Crippen LogP contribution in [-0.4, -0.2) is 47.5 Å². The molecule has 176 valence electrons. The lowest BCUT2D eigenvalue weighted by Crippen LogP contribution is -2.49. The van der Waals surface area contributed by atoms with E-state index in [0.717, 1.165) is 11.1 Å². The van der Waals surface area contributed by atoms with Crippen LogP contribution in [0.15, 0.2) is 73.3 Å². The maximum absolute atomic E-state index is 11.9. The minimum atomic E-state index is -0.780. The minimum Gasteiger partial charge on any atom is -0.368 e. The molecule has 2 heterocycles. The van der Waals surface area contributed by atoms with E-state index in [0.29, 0.717) is 13.2 Å². The van der Waals surface area contributed by atoms with E-state index in [1.165, 1.54) is 6.92 Å². The lowest BCUT2D eigenvalue weighted by atomic mass is 10.0. The van der Waals surface area contributed by atoms with Crippen molar-refractivity contribution < 1.29 is 28.6 Å². The van der Waals surface area contributed by atoms with Crippen LogP contribution in [0.4, 0.5) is 0 Å². The third-order valence-corrected chi connectivity index (χ3v) is 5.65. The van der Waals surface area contributed by atoms with E-state index in [1.807, 2.05) is 74.5 Å². The monoisotopic (exact) mass is 453 g/mol. The number of carbonyl (C=O) groups excluding carboxylic acids is 1. The van der Waals surface area contributed by atoms with E-state index in [-0.39, 0.29) is 0 Å². The molecule has 0 spiro atoms. The van der Waals surface area contributed by atoms with Gasteiger partial charge in [0, 0.05) is 6.92 Å². The summed E-state index contributed by atoms with van der Waals surface area (Å²) in [4.78, 5) is 17.5. The minimum absolute atomic E-state index is 0.366. The molecule has 2 fully saturated rings. The topological polar surface area (TPSA) is 66.5 Å². The number of benzene rings is 2. The zero-order chi connectivity index (χ0) is 23.4. The molecule has 0 aliphatic carbocycles. The van der Waals surface area contributed by atoms with Crippen molar-refractivity contribution in [1.82, 2.24) is 5.06 Å². The van der Waals surface area contributed by atoms with Gasteiger partial charge < -0.3 is 23.8 Å². The summed E-state index contributed by atoms with van der Waals surface area (Å²) < 4.78 is 24.8. The fourth-order valence-electron chi connectivity index (χ4n) is 4.28. The van der Waals surface area contributed by atoms with Crippen LogP contribution in [-0.2, 0) is 41.7 Å². The number of ether oxygens (including phenoxy) is 4. The molecule has 0 N–H and O–H groups in total. The van der Waals surface area contributed by atoms with Crippen molar-refractivity contribution in [1.29, 1.82) is 0 Å². The van der Waals surface area contributed by atoms with Crippen molar-refractivity contribution in [2.75, 3.05) is 0 Å². The maximum atomic E-state index is 11.9. The van der Waals surface area contributed by atoms with Crippen molar-refractivity contribution in [2.45, 2.75) is 70.4 Å². The van der Waals surface area contributed by atoms with Gasteiger partial charge in [-0.05, 0) is 25.0 Å². The summed E-state index contributed by atoms with van der Waals surface area (Å²) in [5.41, 5.74) is 2.02. The number of rotatable bonds is 9. The van der Waals surface area contributed by atoms with E-state index in [4.69, 9.17) is 23.8 Å². The van der Waals surface area contributed by atoms with Crippen molar-refractivity contribution in [3.05, 3.63) is 84.4 Å². The second-order valence-corrected chi connectivity index (χ2v) is 8.70. The molecule has 7 heteroatoms. The molecule has 0 aromatic heterocycles. The first-order valence-corrected chi connectivity index (χ1v) is 11.1. The highest BCUT2D eigenvalue weighted by Gasteiger charge is 2.57. The number of carbonyl (C=O) groups is 1. The van der Waals surface area contributed by atoms with Crippen molar-refractivity contribution in [2.24, 2.45) is 0 Å². The summed E-state index contributed by atoms with van der Waals surface area (Å²) in [7, 11) is 0. The average molecular weight is 454 g/mol. The largest absolute Gasteiger partial charge is 0.368 e. The van der Waals surface area contributed by atoms with Gasteiger partial charge in [-0.25, -0.2) is 0 Å². The second kappa shape index (κ2) is 10.2. The number of hydrogen-bond acceptors (Lipinski definition) is 7. The van der Waals surface area contributed by atoms with Crippen LogP contribution >= 0.6 is 0 Å². The Hall–Kier alpha value is -2.55. The fraction of sp³-hybridized carbons (Fsp3) is 0.423. The molecule has 5 atom stereocenters. The molecular weight excluding hydrogens is 422 g/mol. The van der Waals surface area contributed by atoms with Gasteiger partial charge in [-0.1, -0.05) is 66.7 Å². The Labute approximate surface area is 194 Å². The molecule has 33 heavy (non-hydrogen) atoms. The van der Waals surface area contributed by atoms with Gasteiger partial charge in [-0.2, -0.15) is 0 Å². The third kappa shape index (κ3) is 5.69. The number of nitrogens with zero attached hydrogens (tertiary/aromatic N) is 1. The second-order valence-electron chi connectivity index (χ2n) is 8.70. The van der Waals surface area contributed by atoms with Crippen molar-refractivity contribution in [3.63, 3.8) is 0 Å². The Kier molecular flexibility index (Phi) is 7.26. The van der Waals surface area contributed by atoms with Crippen LogP contribution in [0.2, 0.25) is 0 Å². The highest BCUT2D eigenvalue weighted by molar-refractivity contribution is 5.65. The summed E-state index contributed by atoms with van der Waals surface area (Å²) in [5, 5.41) is 1.58. The standard InChI is InChI=1S/C26H31NO6/c1-5-21(27(33-18(2)28)16-19-12-8-6-9-13-19)22-23(29-17-20-14-10-7-11-15-20)24-25(30-22)32-26(3,4)31-24/h5-15,21-25H,1,16-17H2,2-4H3/t21-,22-,23+,24-,25-/m1/s1. The van der Waals surface area contributed by atoms with Crippen LogP contribution in [0, 0.1) is 0 Å². The fourth-order valence-corrected chi connectivity index (χ4v) is 4.28. The van der Waals surface area contributed by atoms with Gasteiger partial charge in [0.2, 0.25) is 0 Å². The molecule has 7 nitrogen and oxygen atoms in total. The predicted molar refractivity (Wildman–Crippen MR) is 121 cm³/mol. The van der Waals surface area contributed by atoms with Gasteiger partial charge >= 0.3 is 5.97 Å². The van der Waals surface area contributed by atoms with Gasteiger partial charge in [0.1, 0.15) is 18.3 Å². The maximum Gasteiger partial charge on any atom is 0.322 e. The van der Waals surface area contributed by atoms with E-state index >= 15 is 0 Å². The Morgan fingerprint density at radius 2 is 1.73 bits per heavy atom. The van der Waals surface area contributed by atoms with Crippen molar-refractivity contribution >= 4 is 5.97 Å². The molecule has 0 radical (unpaired) electrons. The van der Waals surface area contributed by atoms with Crippen molar-refractivity contribution in [3.8, 4) is 0 Å². The van der Waals surface area contributed by atoms with E-state index < -0.39 is 42.4 Å². The molecule has 2 aliphatic rings. The van der Waals surface area contributed by atoms with Gasteiger partial charge in [0.15, 0.2) is 12.1 Å². The van der Waals surface area contributed by atoms with E-state index in [2.05, 4.69) is 6.58 Å². The van der Waals surface area contributed by atoms with E-state index in [9.17, 15) is 4.79 Å². The molecule has 2 aromatic carbocycles. The van der Waals surface area contributed by atoms with Gasteiger partial charge in [-0.3, -0.25) is 4.79 Å². The van der Waals surface area contributed by atoms with Gasteiger partial charge in [0.25, 0.3) is 0 Å². The first-order valence-electron chi connectivity index (χ1n) is 11.1. The molecule has 2 aromatic rings. The first kappa shape index (κ1) is 23.6. The summed E-state index contributed by atoms with van der Waals surface area (Å²) in [6, 6.07) is 19.2. The molecule has 0 unspecified atom stereocenters. The lowest BCUT2D eigenvalue weighted by molar-refractivity contribution is -0.246. The Morgan fingerprint density at radius 3 is 2.33 bits per heavy atom. The van der Waals surface area contributed by atoms with Crippen LogP contribution in [0.3, 0.4) is 0 Å². The van der Waals surface area contributed by atoms with Gasteiger partial charge in [0.05, 0.1) is 19.2 Å². The highest BCUT2D eigenvalue weighted by Crippen LogP contribution is 2.41. The SMILES string of the molecule is C=C[C@H]([C@H]1O[C@@H]2OC(C)(C)O[C@@H]2[C@H]1OCc1ccccc1)N(Cc1ccccc1)OC(C)=O. The van der Waals surface area contributed by atoms with Crippen LogP contribution < -0.4 is 0 Å². The first-order chi connectivity index (χ1) is 15.9. The molecular formula is C26H31NO6. The molecule has 0 amide bonds. The summed E-state index contributed by atoms with van der Waals surface area (Å²) in [6.45, 7) is 9.83. The van der Waals surface area contributed by atoms with Crippen LogP contribution in [0.1, 0.15) is 31.9 Å². The molecule has 4 rings (SSSR count). The quantitative estimate of drug-likeness (QED) is 0.420.